The van der Waals surface area contributed by atoms with E-state index in [1.165, 1.54) is 5.56 Å². The number of carbonyl (C=O) groups excluding carboxylic acids is 2. The molecule has 2 amide bonds. The maximum atomic E-state index is 12.3. The number of hydrogen-bond acceptors (Lipinski definition) is 6. The second kappa shape index (κ2) is 10.0. The minimum atomic E-state index is -0.566. The molecule has 0 aromatic heterocycles. The Labute approximate surface area is 187 Å². The molecule has 2 N–H and O–H groups in total. The van der Waals surface area contributed by atoms with Crippen LogP contribution in [0, 0.1) is 0 Å². The van der Waals surface area contributed by atoms with Crippen LogP contribution in [0.4, 0.5) is 10.5 Å². The van der Waals surface area contributed by atoms with Gasteiger partial charge in [-0.3, -0.25) is 10.1 Å². The number of ether oxygens (including phenoxy) is 4. The summed E-state index contributed by atoms with van der Waals surface area (Å²) in [5.41, 5.74) is 1.85. The molecular weight excluding hydrogens is 412 g/mol. The molecule has 2 aromatic carbocycles. The van der Waals surface area contributed by atoms with Gasteiger partial charge in [-0.05, 0) is 35.7 Å². The molecule has 4 atom stereocenters. The van der Waals surface area contributed by atoms with Gasteiger partial charge in [-0.25, -0.2) is 4.79 Å². The second-order valence-corrected chi connectivity index (χ2v) is 8.22. The van der Waals surface area contributed by atoms with Crippen LogP contribution < -0.4 is 15.4 Å². The molecule has 2 saturated heterocycles. The van der Waals surface area contributed by atoms with Crippen molar-refractivity contribution in [1.82, 2.24) is 5.32 Å². The van der Waals surface area contributed by atoms with E-state index in [9.17, 15) is 9.59 Å². The molecule has 0 saturated carbocycles. The number of para-hydroxylation sites is 1. The second-order valence-electron chi connectivity index (χ2n) is 8.22. The number of hydrogen-bond donors (Lipinski definition) is 2. The summed E-state index contributed by atoms with van der Waals surface area (Å²) in [7, 11) is 0. The number of nitrogens with one attached hydrogen (secondary N) is 2. The first-order valence-electron chi connectivity index (χ1n) is 10.8. The Balaban J connectivity index is 1.23. The lowest BCUT2D eigenvalue weighted by Crippen LogP contribution is -2.46. The summed E-state index contributed by atoms with van der Waals surface area (Å²) in [6.45, 7) is 4.62. The third kappa shape index (κ3) is 5.38. The van der Waals surface area contributed by atoms with Crippen LogP contribution in [0.25, 0.3) is 0 Å². The Morgan fingerprint density at radius 1 is 1.00 bits per heavy atom. The van der Waals surface area contributed by atoms with Crippen molar-refractivity contribution in [2.75, 3.05) is 25.1 Å². The molecule has 0 bridgehead atoms. The van der Waals surface area contributed by atoms with Crippen molar-refractivity contribution < 1.29 is 28.5 Å². The number of rotatable bonds is 7. The summed E-state index contributed by atoms with van der Waals surface area (Å²) in [5, 5.41) is 5.61. The molecule has 2 aromatic rings. The highest BCUT2D eigenvalue weighted by molar-refractivity contribution is 5.84. The van der Waals surface area contributed by atoms with Crippen LogP contribution in [0.5, 0.6) is 5.75 Å². The predicted molar refractivity (Wildman–Crippen MR) is 118 cm³/mol. The minimum absolute atomic E-state index is 0.101. The van der Waals surface area contributed by atoms with Gasteiger partial charge < -0.3 is 24.3 Å². The van der Waals surface area contributed by atoms with E-state index < -0.39 is 18.3 Å². The first kappa shape index (κ1) is 22.1. The van der Waals surface area contributed by atoms with Crippen molar-refractivity contribution in [3.63, 3.8) is 0 Å². The van der Waals surface area contributed by atoms with E-state index in [4.69, 9.17) is 18.9 Å². The molecule has 2 aliphatic heterocycles. The van der Waals surface area contributed by atoms with Gasteiger partial charge in [-0.15, -0.1) is 0 Å². The van der Waals surface area contributed by atoms with Gasteiger partial charge in [0.2, 0.25) is 0 Å². The predicted octanol–water partition coefficient (Wildman–Crippen LogP) is 3.09. The lowest BCUT2D eigenvalue weighted by molar-refractivity contribution is -0.124. The first-order valence-corrected chi connectivity index (χ1v) is 10.8. The van der Waals surface area contributed by atoms with Crippen molar-refractivity contribution in [3.05, 3.63) is 60.2 Å². The van der Waals surface area contributed by atoms with E-state index >= 15 is 0 Å². The van der Waals surface area contributed by atoms with Gasteiger partial charge in [0.25, 0.3) is 5.91 Å². The van der Waals surface area contributed by atoms with E-state index in [1.807, 2.05) is 42.5 Å². The highest BCUT2D eigenvalue weighted by atomic mass is 16.6. The van der Waals surface area contributed by atoms with Gasteiger partial charge in [0.15, 0.2) is 12.7 Å². The van der Waals surface area contributed by atoms with Gasteiger partial charge in [-0.2, -0.15) is 0 Å². The molecule has 2 aliphatic rings. The van der Waals surface area contributed by atoms with E-state index in [0.29, 0.717) is 17.4 Å². The highest BCUT2D eigenvalue weighted by Crippen LogP contribution is 2.29. The standard InChI is InChI=1S/C24H28N2O6/c1-15(2)16-8-10-17(11-9-16)25-24(28)32-20-13-31-22-19(12-30-23(20)22)26-21(27)14-29-18-6-4-3-5-7-18/h3-11,15,19-20,22-23H,12-14H2,1-2H3,(H,25,28)(H,26,27)/t19-,20-,22-,23+/m0/s1. The smallest absolute Gasteiger partial charge is 0.412 e. The Kier molecular flexibility index (Phi) is 6.92. The Hall–Kier alpha value is -3.10. The van der Waals surface area contributed by atoms with Gasteiger partial charge in [-0.1, -0.05) is 44.2 Å². The van der Waals surface area contributed by atoms with Crippen LogP contribution in [0.1, 0.15) is 25.3 Å². The Morgan fingerprint density at radius 2 is 1.72 bits per heavy atom. The van der Waals surface area contributed by atoms with Crippen molar-refractivity contribution in [2.24, 2.45) is 0 Å². The first-order chi connectivity index (χ1) is 15.5. The van der Waals surface area contributed by atoms with Crippen molar-refractivity contribution in [2.45, 2.75) is 44.1 Å². The van der Waals surface area contributed by atoms with E-state index in [-0.39, 0.29) is 37.9 Å². The van der Waals surface area contributed by atoms with Gasteiger partial charge in [0, 0.05) is 5.69 Å². The molecule has 8 heteroatoms. The molecule has 32 heavy (non-hydrogen) atoms. The number of carbonyl (C=O) groups is 2. The third-order valence-electron chi connectivity index (χ3n) is 5.55. The molecule has 2 fully saturated rings. The van der Waals surface area contributed by atoms with Crippen LogP contribution >= 0.6 is 0 Å². The summed E-state index contributed by atoms with van der Waals surface area (Å²) in [4.78, 5) is 24.6. The molecule has 0 spiro atoms. The lowest BCUT2D eigenvalue weighted by atomic mass is 10.0. The monoisotopic (exact) mass is 440 g/mol. The van der Waals surface area contributed by atoms with E-state index in [2.05, 4.69) is 24.5 Å². The SMILES string of the molecule is CC(C)c1ccc(NC(=O)O[C@H]2CO[C@@H]3[C@@H]2OC[C@@H]3NC(=O)COc2ccccc2)cc1. The average molecular weight is 440 g/mol. The molecule has 0 radical (unpaired) electrons. The largest absolute Gasteiger partial charge is 0.484 e. The number of anilines is 1. The number of fused-ring (bicyclic) bond motifs is 1. The van der Waals surface area contributed by atoms with Crippen LogP contribution in [0.2, 0.25) is 0 Å². The highest BCUT2D eigenvalue weighted by Gasteiger charge is 2.50. The van der Waals surface area contributed by atoms with Crippen LogP contribution in [-0.4, -0.2) is 56.2 Å². The molecule has 4 rings (SSSR count). The molecule has 0 aliphatic carbocycles. The fourth-order valence-electron chi connectivity index (χ4n) is 3.84. The maximum Gasteiger partial charge on any atom is 0.412 e. The molecule has 8 nitrogen and oxygen atoms in total. The average Bonchev–Trinajstić information content (AvgIpc) is 3.37. The van der Waals surface area contributed by atoms with Gasteiger partial charge in [0.05, 0.1) is 19.3 Å². The van der Waals surface area contributed by atoms with Gasteiger partial charge in [0.1, 0.15) is 18.0 Å². The summed E-state index contributed by atoms with van der Waals surface area (Å²) in [6.07, 6.45) is -1.91. The van der Waals surface area contributed by atoms with Crippen molar-refractivity contribution in [3.8, 4) is 5.75 Å². The summed E-state index contributed by atoms with van der Waals surface area (Å²) in [5.74, 6) is 0.777. The number of amides is 2. The molecule has 0 unspecified atom stereocenters. The molecular formula is C24H28N2O6. The summed E-state index contributed by atoms with van der Waals surface area (Å²) < 4.78 is 22.5. The Bertz CT molecular complexity index is 918. The number of benzene rings is 2. The van der Waals surface area contributed by atoms with Crippen molar-refractivity contribution in [1.29, 1.82) is 0 Å². The Morgan fingerprint density at radius 3 is 2.44 bits per heavy atom. The molecule has 170 valence electrons. The topological polar surface area (TPSA) is 95.1 Å². The van der Waals surface area contributed by atoms with Crippen LogP contribution in [0.15, 0.2) is 54.6 Å². The van der Waals surface area contributed by atoms with Crippen molar-refractivity contribution >= 4 is 17.7 Å². The summed E-state index contributed by atoms with van der Waals surface area (Å²) >= 11 is 0. The van der Waals surface area contributed by atoms with Gasteiger partial charge >= 0.3 is 6.09 Å². The fraction of sp³-hybridized carbons (Fsp3) is 0.417. The fourth-order valence-corrected chi connectivity index (χ4v) is 3.84. The summed E-state index contributed by atoms with van der Waals surface area (Å²) in [6, 6.07) is 16.4. The minimum Gasteiger partial charge on any atom is -0.484 e. The zero-order valence-electron chi connectivity index (χ0n) is 18.2. The maximum absolute atomic E-state index is 12.3. The third-order valence-corrected chi connectivity index (χ3v) is 5.55. The lowest BCUT2D eigenvalue weighted by Gasteiger charge is -2.18. The van der Waals surface area contributed by atoms with Crippen LogP contribution in [-0.2, 0) is 19.0 Å². The normalized spacial score (nSPS) is 24.1. The van der Waals surface area contributed by atoms with E-state index in [1.54, 1.807) is 12.1 Å². The zero-order valence-corrected chi connectivity index (χ0v) is 18.2. The quantitative estimate of drug-likeness (QED) is 0.687. The molecule has 2 heterocycles. The zero-order chi connectivity index (χ0) is 22.5. The van der Waals surface area contributed by atoms with Crippen LogP contribution in [0.3, 0.4) is 0 Å². The van der Waals surface area contributed by atoms with E-state index in [0.717, 1.165) is 0 Å².